The number of aryl methyl sites for hydroxylation is 1. The molecular weight excluding hydrogens is 260 g/mol. The molecule has 1 aromatic rings. The molecule has 1 heterocycles. The Morgan fingerprint density at radius 2 is 2.21 bits per heavy atom. The number of carbonyl (C=O) groups is 2. The molecule has 1 atom stereocenters. The van der Waals surface area contributed by atoms with Gasteiger partial charge in [-0.1, -0.05) is 6.92 Å². The normalized spacial score (nSPS) is 17.7. The molecule has 5 heteroatoms. The van der Waals surface area contributed by atoms with E-state index in [4.69, 9.17) is 0 Å². The number of carbonyl (C=O) groups excluding carboxylic acids is 2. The second kappa shape index (κ2) is 6.19. The van der Waals surface area contributed by atoms with Gasteiger partial charge in [0.2, 0.25) is 5.91 Å². The summed E-state index contributed by atoms with van der Waals surface area (Å²) in [4.78, 5) is 25.3. The zero-order chi connectivity index (χ0) is 13.8. The molecule has 0 bridgehead atoms. The molecule has 1 aliphatic rings. The Labute approximate surface area is 117 Å². The quantitative estimate of drug-likeness (QED) is 0.882. The van der Waals surface area contributed by atoms with Gasteiger partial charge in [0.1, 0.15) is 0 Å². The predicted molar refractivity (Wildman–Crippen MR) is 76.5 cm³/mol. The van der Waals surface area contributed by atoms with Crippen LogP contribution < -0.4 is 10.6 Å². The number of amides is 2. The van der Waals surface area contributed by atoms with Gasteiger partial charge in [0.25, 0.3) is 5.91 Å². The fourth-order valence-corrected chi connectivity index (χ4v) is 3.45. The molecule has 2 amide bonds. The van der Waals surface area contributed by atoms with Crippen LogP contribution in [0.2, 0.25) is 0 Å². The maximum atomic E-state index is 12.0. The highest BCUT2D eigenvalue weighted by Gasteiger charge is 2.20. The van der Waals surface area contributed by atoms with Crippen molar-refractivity contribution in [1.82, 2.24) is 10.6 Å². The van der Waals surface area contributed by atoms with E-state index in [1.165, 1.54) is 16.9 Å². The molecule has 0 aromatic carbocycles. The third kappa shape index (κ3) is 3.56. The van der Waals surface area contributed by atoms with Crippen molar-refractivity contribution in [2.75, 3.05) is 13.1 Å². The van der Waals surface area contributed by atoms with E-state index in [0.717, 1.165) is 17.7 Å². The molecule has 19 heavy (non-hydrogen) atoms. The van der Waals surface area contributed by atoms with Crippen molar-refractivity contribution < 1.29 is 9.59 Å². The van der Waals surface area contributed by atoms with Crippen LogP contribution in [-0.4, -0.2) is 24.9 Å². The summed E-state index contributed by atoms with van der Waals surface area (Å²) in [7, 11) is 0. The third-order valence-electron chi connectivity index (χ3n) is 3.34. The first-order valence-corrected chi connectivity index (χ1v) is 7.58. The molecule has 0 saturated heterocycles. The van der Waals surface area contributed by atoms with E-state index in [2.05, 4.69) is 17.6 Å². The van der Waals surface area contributed by atoms with Crippen molar-refractivity contribution in [3.8, 4) is 0 Å². The molecule has 2 rings (SSSR count). The standard InChI is InChI=1S/C14H20N2O2S/c1-3-15-13(17)8-16-14(18)12-7-10-6-9(2)4-5-11(10)19-12/h7,9H,3-6,8H2,1-2H3,(H,15,17)(H,16,18)/t9-/m1/s1. The average molecular weight is 280 g/mol. The van der Waals surface area contributed by atoms with Crippen molar-refractivity contribution in [2.24, 2.45) is 5.92 Å². The molecular formula is C14H20N2O2S. The third-order valence-corrected chi connectivity index (χ3v) is 4.57. The van der Waals surface area contributed by atoms with Gasteiger partial charge in [-0.15, -0.1) is 11.3 Å². The first-order chi connectivity index (χ1) is 9.10. The topological polar surface area (TPSA) is 58.2 Å². The number of rotatable bonds is 4. The first-order valence-electron chi connectivity index (χ1n) is 6.76. The molecule has 0 saturated carbocycles. The molecule has 2 N–H and O–H groups in total. The van der Waals surface area contributed by atoms with Crippen molar-refractivity contribution in [3.63, 3.8) is 0 Å². The molecule has 0 fully saturated rings. The van der Waals surface area contributed by atoms with Crippen LogP contribution in [0.5, 0.6) is 0 Å². The largest absolute Gasteiger partial charge is 0.355 e. The minimum atomic E-state index is -0.147. The fraction of sp³-hybridized carbons (Fsp3) is 0.571. The Balaban J connectivity index is 1.95. The lowest BCUT2D eigenvalue weighted by Crippen LogP contribution is -2.36. The van der Waals surface area contributed by atoms with E-state index in [1.807, 2.05) is 13.0 Å². The average Bonchev–Trinajstić information content (AvgIpc) is 2.79. The van der Waals surface area contributed by atoms with Gasteiger partial charge in [-0.25, -0.2) is 0 Å². The minimum absolute atomic E-state index is 0.0473. The van der Waals surface area contributed by atoms with E-state index in [9.17, 15) is 9.59 Å². The Hall–Kier alpha value is -1.36. The van der Waals surface area contributed by atoms with Crippen molar-refractivity contribution in [3.05, 3.63) is 21.4 Å². The maximum absolute atomic E-state index is 12.0. The van der Waals surface area contributed by atoms with E-state index in [0.29, 0.717) is 12.5 Å². The highest BCUT2D eigenvalue weighted by molar-refractivity contribution is 7.14. The maximum Gasteiger partial charge on any atom is 0.261 e. The number of likely N-dealkylation sites (N-methyl/N-ethyl adjacent to an activating group) is 1. The summed E-state index contributed by atoms with van der Waals surface area (Å²) < 4.78 is 0. The lowest BCUT2D eigenvalue weighted by atomic mass is 9.90. The number of fused-ring (bicyclic) bond motifs is 1. The Bertz CT molecular complexity index is 482. The smallest absolute Gasteiger partial charge is 0.261 e. The predicted octanol–water partition coefficient (Wildman–Crippen LogP) is 1.74. The van der Waals surface area contributed by atoms with Gasteiger partial charge in [-0.2, -0.15) is 0 Å². The molecule has 104 valence electrons. The van der Waals surface area contributed by atoms with Gasteiger partial charge >= 0.3 is 0 Å². The molecule has 1 aromatic heterocycles. The summed E-state index contributed by atoms with van der Waals surface area (Å²) in [5, 5.41) is 5.32. The van der Waals surface area contributed by atoms with E-state index in [-0.39, 0.29) is 18.4 Å². The van der Waals surface area contributed by atoms with Crippen LogP contribution in [0.4, 0.5) is 0 Å². The van der Waals surface area contributed by atoms with Crippen LogP contribution in [0.1, 0.15) is 40.4 Å². The second-order valence-electron chi connectivity index (χ2n) is 5.04. The zero-order valence-electron chi connectivity index (χ0n) is 11.4. The highest BCUT2D eigenvalue weighted by Crippen LogP contribution is 2.32. The first kappa shape index (κ1) is 14.1. The van der Waals surface area contributed by atoms with Crippen LogP contribution in [0, 0.1) is 5.92 Å². The second-order valence-corrected chi connectivity index (χ2v) is 6.18. The SMILES string of the molecule is CCNC(=O)CNC(=O)c1cc2c(s1)CC[C@@H](C)C2. The van der Waals surface area contributed by atoms with Crippen LogP contribution in [0.25, 0.3) is 0 Å². The van der Waals surface area contributed by atoms with Gasteiger partial charge in [0, 0.05) is 11.4 Å². The van der Waals surface area contributed by atoms with Crippen LogP contribution in [0.15, 0.2) is 6.07 Å². The number of nitrogens with one attached hydrogen (secondary N) is 2. The highest BCUT2D eigenvalue weighted by atomic mass is 32.1. The molecule has 0 unspecified atom stereocenters. The summed E-state index contributed by atoms with van der Waals surface area (Å²) in [5.41, 5.74) is 1.31. The van der Waals surface area contributed by atoms with Crippen molar-refractivity contribution in [2.45, 2.75) is 33.1 Å². The fourth-order valence-electron chi connectivity index (χ4n) is 2.33. The van der Waals surface area contributed by atoms with Crippen LogP contribution in [-0.2, 0) is 17.6 Å². The Morgan fingerprint density at radius 1 is 1.42 bits per heavy atom. The summed E-state index contributed by atoms with van der Waals surface area (Å²) in [6, 6.07) is 1.99. The summed E-state index contributed by atoms with van der Waals surface area (Å²) >= 11 is 1.57. The summed E-state index contributed by atoms with van der Waals surface area (Å²) in [6.07, 6.45) is 3.34. The van der Waals surface area contributed by atoms with Gasteiger partial charge in [0.15, 0.2) is 0 Å². The molecule has 0 aliphatic heterocycles. The molecule has 0 spiro atoms. The lowest BCUT2D eigenvalue weighted by molar-refractivity contribution is -0.120. The Morgan fingerprint density at radius 3 is 2.95 bits per heavy atom. The molecule has 1 aliphatic carbocycles. The zero-order valence-corrected chi connectivity index (χ0v) is 12.2. The summed E-state index contributed by atoms with van der Waals surface area (Å²) in [5.74, 6) is 0.414. The van der Waals surface area contributed by atoms with Crippen LogP contribution in [0.3, 0.4) is 0 Å². The molecule has 0 radical (unpaired) electrons. The lowest BCUT2D eigenvalue weighted by Gasteiger charge is -2.16. The van der Waals surface area contributed by atoms with Crippen molar-refractivity contribution >= 4 is 23.2 Å². The molecule has 4 nitrogen and oxygen atoms in total. The monoisotopic (exact) mass is 280 g/mol. The summed E-state index contributed by atoms with van der Waals surface area (Å²) in [6.45, 7) is 4.73. The van der Waals surface area contributed by atoms with E-state index >= 15 is 0 Å². The van der Waals surface area contributed by atoms with Gasteiger partial charge in [0.05, 0.1) is 11.4 Å². The van der Waals surface area contributed by atoms with Gasteiger partial charge in [-0.3, -0.25) is 9.59 Å². The Kier molecular flexibility index (Phi) is 4.58. The number of hydrogen-bond acceptors (Lipinski definition) is 3. The van der Waals surface area contributed by atoms with Crippen LogP contribution >= 0.6 is 11.3 Å². The van der Waals surface area contributed by atoms with Gasteiger partial charge < -0.3 is 10.6 Å². The van der Waals surface area contributed by atoms with Gasteiger partial charge in [-0.05, 0) is 43.7 Å². The minimum Gasteiger partial charge on any atom is -0.355 e. The number of thiophene rings is 1. The van der Waals surface area contributed by atoms with E-state index in [1.54, 1.807) is 11.3 Å². The van der Waals surface area contributed by atoms with Crippen molar-refractivity contribution in [1.29, 1.82) is 0 Å². The van der Waals surface area contributed by atoms with E-state index < -0.39 is 0 Å². The number of hydrogen-bond donors (Lipinski definition) is 2.